The van der Waals surface area contributed by atoms with E-state index in [0.717, 1.165) is 19.4 Å². The second-order valence-electron chi connectivity index (χ2n) is 7.51. The van der Waals surface area contributed by atoms with Crippen LogP contribution in [0.1, 0.15) is 44.7 Å². The number of hydrogen-bond donors (Lipinski definition) is 1. The number of fused-ring (bicyclic) bond motifs is 1. The number of benzene rings is 1. The Morgan fingerprint density at radius 3 is 2.50 bits per heavy atom. The molecule has 3 heteroatoms. The van der Waals surface area contributed by atoms with Crippen LogP contribution >= 0.6 is 0 Å². The molecule has 0 atom stereocenters. The van der Waals surface area contributed by atoms with E-state index in [1.807, 2.05) is 0 Å². The van der Waals surface area contributed by atoms with E-state index in [2.05, 4.69) is 50.0 Å². The summed E-state index contributed by atoms with van der Waals surface area (Å²) in [7, 11) is 0. The largest absolute Gasteiger partial charge is 0.491 e. The smallest absolute Gasteiger partial charge is 0.149 e. The number of hydrogen-bond acceptors (Lipinski definition) is 2. The van der Waals surface area contributed by atoms with Gasteiger partial charge in [0.1, 0.15) is 12.1 Å². The van der Waals surface area contributed by atoms with Gasteiger partial charge in [0.05, 0.1) is 6.61 Å². The van der Waals surface area contributed by atoms with Crippen molar-refractivity contribution < 1.29 is 9.13 Å². The molecular weight excluding hydrogens is 301 g/mol. The van der Waals surface area contributed by atoms with E-state index in [0.29, 0.717) is 24.4 Å². The van der Waals surface area contributed by atoms with Crippen LogP contribution in [0.4, 0.5) is 4.39 Å². The van der Waals surface area contributed by atoms with Crippen molar-refractivity contribution in [2.75, 3.05) is 13.2 Å². The molecule has 0 unspecified atom stereocenters. The molecule has 1 aromatic carbocycles. The lowest BCUT2D eigenvalue weighted by Gasteiger charge is -2.29. The van der Waals surface area contributed by atoms with Crippen molar-refractivity contribution >= 4 is 0 Å². The zero-order valence-corrected chi connectivity index (χ0v) is 15.2. The highest BCUT2D eigenvalue weighted by Crippen LogP contribution is 2.31. The number of rotatable bonds is 9. The first-order valence-electron chi connectivity index (χ1n) is 8.82. The summed E-state index contributed by atoms with van der Waals surface area (Å²) in [4.78, 5) is 0. The van der Waals surface area contributed by atoms with Crippen molar-refractivity contribution in [3.63, 3.8) is 0 Å². The average molecular weight is 331 g/mol. The molecule has 0 aromatic heterocycles. The molecule has 0 saturated heterocycles. The summed E-state index contributed by atoms with van der Waals surface area (Å²) in [6.07, 6.45) is 4.86. The van der Waals surface area contributed by atoms with Crippen LogP contribution in [0.5, 0.6) is 0 Å². The summed E-state index contributed by atoms with van der Waals surface area (Å²) in [5.74, 6) is 0.962. The van der Waals surface area contributed by atoms with Gasteiger partial charge in [-0.1, -0.05) is 30.8 Å². The Kier molecular flexibility index (Phi) is 6.61. The van der Waals surface area contributed by atoms with E-state index in [1.54, 1.807) is 6.92 Å². The van der Waals surface area contributed by atoms with Crippen LogP contribution in [-0.2, 0) is 17.6 Å². The summed E-state index contributed by atoms with van der Waals surface area (Å²) < 4.78 is 18.0. The first-order chi connectivity index (χ1) is 11.4. The number of ether oxygens (including phenoxy) is 1. The number of nitrogens with one attached hydrogen (secondary N) is 1. The van der Waals surface area contributed by atoms with Crippen LogP contribution in [0.2, 0.25) is 0 Å². The average Bonchev–Trinajstić information content (AvgIpc) is 2.91. The molecule has 1 aliphatic rings. The lowest BCUT2D eigenvalue weighted by Crippen LogP contribution is -2.41. The zero-order chi connectivity index (χ0) is 17.6. The molecule has 1 N–H and O–H groups in total. The van der Waals surface area contributed by atoms with Gasteiger partial charge < -0.3 is 10.1 Å². The van der Waals surface area contributed by atoms with Crippen LogP contribution in [-0.4, -0.2) is 18.7 Å². The summed E-state index contributed by atoms with van der Waals surface area (Å²) >= 11 is 0. The first kappa shape index (κ1) is 18.7. The van der Waals surface area contributed by atoms with Crippen LogP contribution in [0, 0.1) is 5.92 Å². The third kappa shape index (κ3) is 5.48. The molecule has 0 radical (unpaired) electrons. The van der Waals surface area contributed by atoms with Crippen LogP contribution in [0.15, 0.2) is 48.5 Å². The maximum atomic E-state index is 12.6. The predicted molar refractivity (Wildman–Crippen MR) is 98.6 cm³/mol. The van der Waals surface area contributed by atoms with Gasteiger partial charge >= 0.3 is 0 Å². The van der Waals surface area contributed by atoms with Crippen molar-refractivity contribution in [3.05, 3.63) is 59.6 Å². The third-order valence-corrected chi connectivity index (χ3v) is 4.64. The first-order valence-corrected chi connectivity index (χ1v) is 8.82. The van der Waals surface area contributed by atoms with E-state index in [1.165, 1.54) is 24.0 Å². The lowest BCUT2D eigenvalue weighted by atomic mass is 9.88. The third-order valence-electron chi connectivity index (χ3n) is 4.64. The van der Waals surface area contributed by atoms with Gasteiger partial charge in [0.15, 0.2) is 0 Å². The van der Waals surface area contributed by atoms with E-state index in [4.69, 9.17) is 4.74 Å². The summed E-state index contributed by atoms with van der Waals surface area (Å²) in [5, 5.41) is 3.62. The van der Waals surface area contributed by atoms with Gasteiger partial charge in [-0.2, -0.15) is 0 Å². The van der Waals surface area contributed by atoms with Crippen molar-refractivity contribution in [3.8, 4) is 0 Å². The van der Waals surface area contributed by atoms with Crippen molar-refractivity contribution in [2.24, 2.45) is 5.92 Å². The van der Waals surface area contributed by atoms with Gasteiger partial charge in [-0.05, 0) is 75.6 Å². The Hall–Kier alpha value is -1.61. The van der Waals surface area contributed by atoms with Gasteiger partial charge in [-0.25, -0.2) is 4.39 Å². The fraction of sp³-hybridized carbons (Fsp3) is 0.524. The quantitative estimate of drug-likeness (QED) is 0.392. The second kappa shape index (κ2) is 8.48. The van der Waals surface area contributed by atoms with Crippen molar-refractivity contribution in [1.82, 2.24) is 5.32 Å². The Balaban J connectivity index is 1.68. The van der Waals surface area contributed by atoms with E-state index in [9.17, 15) is 4.39 Å². The SMILES string of the molecule is C=C(C)/C(=C/F)OCCCNC(C)(C)CC1Cc2ccccc2C1. The highest BCUT2D eigenvalue weighted by molar-refractivity contribution is 5.32. The summed E-state index contributed by atoms with van der Waals surface area (Å²) in [5.41, 5.74) is 3.74. The zero-order valence-electron chi connectivity index (χ0n) is 15.2. The second-order valence-corrected chi connectivity index (χ2v) is 7.51. The Morgan fingerprint density at radius 1 is 1.33 bits per heavy atom. The molecule has 1 aliphatic carbocycles. The molecule has 0 heterocycles. The van der Waals surface area contributed by atoms with Gasteiger partial charge in [0.2, 0.25) is 0 Å². The molecule has 1 aromatic rings. The maximum absolute atomic E-state index is 12.6. The molecule has 0 amide bonds. The minimum atomic E-state index is 0.0970. The Labute approximate surface area is 145 Å². The van der Waals surface area contributed by atoms with Crippen LogP contribution in [0.25, 0.3) is 0 Å². The van der Waals surface area contributed by atoms with E-state index < -0.39 is 0 Å². The van der Waals surface area contributed by atoms with Gasteiger partial charge in [-0.15, -0.1) is 0 Å². The normalized spacial score (nSPS) is 15.4. The fourth-order valence-corrected chi connectivity index (χ4v) is 3.52. The summed E-state index contributed by atoms with van der Waals surface area (Å²) in [6.45, 7) is 11.3. The van der Waals surface area contributed by atoms with Crippen LogP contribution in [0.3, 0.4) is 0 Å². The fourth-order valence-electron chi connectivity index (χ4n) is 3.52. The van der Waals surface area contributed by atoms with Gasteiger partial charge in [0, 0.05) is 5.54 Å². The summed E-state index contributed by atoms with van der Waals surface area (Å²) in [6, 6.07) is 8.78. The van der Waals surface area contributed by atoms with Crippen molar-refractivity contribution in [2.45, 2.75) is 52.0 Å². The lowest BCUT2D eigenvalue weighted by molar-refractivity contribution is 0.203. The molecule has 2 nitrogen and oxygen atoms in total. The van der Waals surface area contributed by atoms with E-state index >= 15 is 0 Å². The van der Waals surface area contributed by atoms with Crippen molar-refractivity contribution in [1.29, 1.82) is 0 Å². The standard InChI is InChI=1S/C21H30FNO/c1-16(2)20(15-22)24-11-7-10-23-21(3,4)14-17-12-18-8-5-6-9-19(18)13-17/h5-6,8-9,15,17,23H,1,7,10-14H2,2-4H3/b20-15-. The molecule has 0 spiro atoms. The molecule has 2 rings (SSSR count). The minimum Gasteiger partial charge on any atom is -0.491 e. The molecule has 132 valence electrons. The Morgan fingerprint density at radius 2 is 1.96 bits per heavy atom. The molecule has 0 bridgehead atoms. The van der Waals surface area contributed by atoms with E-state index in [-0.39, 0.29) is 11.3 Å². The van der Waals surface area contributed by atoms with Gasteiger partial charge in [-0.3, -0.25) is 0 Å². The Bertz CT molecular complexity index is 566. The molecule has 0 aliphatic heterocycles. The number of halogens is 1. The monoisotopic (exact) mass is 331 g/mol. The predicted octanol–water partition coefficient (Wildman–Crippen LogP) is 4.95. The van der Waals surface area contributed by atoms with Gasteiger partial charge in [0.25, 0.3) is 0 Å². The molecule has 24 heavy (non-hydrogen) atoms. The molecule has 0 saturated carbocycles. The number of allylic oxidation sites excluding steroid dienone is 1. The minimum absolute atomic E-state index is 0.0970. The molecule has 0 fully saturated rings. The highest BCUT2D eigenvalue weighted by atomic mass is 19.1. The highest BCUT2D eigenvalue weighted by Gasteiger charge is 2.27. The topological polar surface area (TPSA) is 21.3 Å². The van der Waals surface area contributed by atoms with Crippen LogP contribution < -0.4 is 5.32 Å². The maximum Gasteiger partial charge on any atom is 0.149 e. The molecular formula is C21H30FNO.